The molecule has 0 aliphatic carbocycles. The van der Waals surface area contributed by atoms with Crippen LogP contribution < -0.4 is 10.6 Å². The van der Waals surface area contributed by atoms with Crippen LogP contribution in [0.5, 0.6) is 0 Å². The van der Waals surface area contributed by atoms with E-state index in [2.05, 4.69) is 36.1 Å². The Kier molecular flexibility index (Phi) is 5.06. The van der Waals surface area contributed by atoms with E-state index in [1.807, 2.05) is 0 Å². The average Bonchev–Trinajstić information content (AvgIpc) is 2.68. The van der Waals surface area contributed by atoms with Crippen LogP contribution in [0, 0.1) is 0 Å². The van der Waals surface area contributed by atoms with Crippen molar-refractivity contribution in [1.82, 2.24) is 0 Å². The summed E-state index contributed by atoms with van der Waals surface area (Å²) in [4.78, 5) is 2.54. The Morgan fingerprint density at radius 3 is 2.44 bits per heavy atom. The third-order valence-corrected chi connectivity index (χ3v) is 3.88. The predicted molar refractivity (Wildman–Crippen MR) is 79.0 cm³/mol. The summed E-state index contributed by atoms with van der Waals surface area (Å²) in [6.07, 6.45) is 7.61. The maximum atomic E-state index is 6.33. The van der Waals surface area contributed by atoms with Crippen LogP contribution in [0.3, 0.4) is 0 Å². The van der Waals surface area contributed by atoms with Gasteiger partial charge in [0.1, 0.15) is 0 Å². The van der Waals surface area contributed by atoms with Gasteiger partial charge in [-0.25, -0.2) is 0 Å². The number of hydrogen-bond donors (Lipinski definition) is 1. The van der Waals surface area contributed by atoms with E-state index in [1.54, 1.807) is 0 Å². The predicted octanol–water partition coefficient (Wildman–Crippen LogP) is 3.87. The lowest BCUT2D eigenvalue weighted by Crippen LogP contribution is -2.26. The molecule has 2 rings (SSSR count). The molecule has 2 nitrogen and oxygen atoms in total. The monoisotopic (exact) mass is 246 g/mol. The molecule has 1 heterocycles. The summed E-state index contributed by atoms with van der Waals surface area (Å²) in [7, 11) is 0. The quantitative estimate of drug-likeness (QED) is 0.874. The van der Waals surface area contributed by atoms with Gasteiger partial charge in [0, 0.05) is 24.8 Å². The van der Waals surface area contributed by atoms with Crippen LogP contribution in [0.25, 0.3) is 0 Å². The maximum absolute atomic E-state index is 6.33. The number of hydrogen-bond acceptors (Lipinski definition) is 2. The summed E-state index contributed by atoms with van der Waals surface area (Å²) in [5.41, 5.74) is 9.04. The lowest BCUT2D eigenvalue weighted by molar-refractivity contribution is 0.634. The largest absolute Gasteiger partial charge is 0.371 e. The summed E-state index contributed by atoms with van der Waals surface area (Å²) in [6, 6.07) is 8.90. The van der Waals surface area contributed by atoms with Gasteiger partial charge in [-0.15, -0.1) is 0 Å². The SMILES string of the molecule is CCCC(N)c1ccccc1N1CCCCCC1. The molecule has 1 aromatic carbocycles. The van der Waals surface area contributed by atoms with Crippen molar-refractivity contribution in [2.75, 3.05) is 18.0 Å². The van der Waals surface area contributed by atoms with Gasteiger partial charge in [-0.3, -0.25) is 0 Å². The average molecular weight is 246 g/mol. The van der Waals surface area contributed by atoms with E-state index in [0.717, 1.165) is 12.8 Å². The first-order chi connectivity index (χ1) is 8.83. The van der Waals surface area contributed by atoms with Crippen molar-refractivity contribution in [3.05, 3.63) is 29.8 Å². The molecule has 1 saturated heterocycles. The zero-order valence-electron chi connectivity index (χ0n) is 11.6. The van der Waals surface area contributed by atoms with Crippen LogP contribution in [0.2, 0.25) is 0 Å². The van der Waals surface area contributed by atoms with E-state index in [1.165, 1.54) is 50.0 Å². The molecule has 100 valence electrons. The molecule has 1 unspecified atom stereocenters. The number of benzene rings is 1. The van der Waals surface area contributed by atoms with Gasteiger partial charge in [0.25, 0.3) is 0 Å². The van der Waals surface area contributed by atoms with Crippen molar-refractivity contribution >= 4 is 5.69 Å². The molecule has 1 aliphatic heterocycles. The second-order valence-corrected chi connectivity index (χ2v) is 5.36. The van der Waals surface area contributed by atoms with Crippen LogP contribution in [0.4, 0.5) is 5.69 Å². The molecule has 0 amide bonds. The Bertz CT molecular complexity index is 354. The Hall–Kier alpha value is -1.02. The molecule has 2 heteroatoms. The van der Waals surface area contributed by atoms with E-state index >= 15 is 0 Å². The smallest absolute Gasteiger partial charge is 0.0414 e. The molecule has 1 atom stereocenters. The van der Waals surface area contributed by atoms with E-state index in [9.17, 15) is 0 Å². The molecule has 0 radical (unpaired) electrons. The molecule has 1 fully saturated rings. The fourth-order valence-electron chi connectivity index (χ4n) is 2.87. The maximum Gasteiger partial charge on any atom is 0.0414 e. The van der Waals surface area contributed by atoms with Crippen LogP contribution in [0.1, 0.15) is 57.1 Å². The molecule has 1 aliphatic rings. The molecule has 18 heavy (non-hydrogen) atoms. The normalized spacial score (nSPS) is 18.4. The summed E-state index contributed by atoms with van der Waals surface area (Å²) in [6.45, 7) is 4.58. The molecule has 0 spiro atoms. The van der Waals surface area contributed by atoms with Gasteiger partial charge in [0.15, 0.2) is 0 Å². The summed E-state index contributed by atoms with van der Waals surface area (Å²) >= 11 is 0. The van der Waals surface area contributed by atoms with E-state index in [0.29, 0.717) is 0 Å². The topological polar surface area (TPSA) is 29.3 Å². The van der Waals surface area contributed by atoms with Gasteiger partial charge < -0.3 is 10.6 Å². The van der Waals surface area contributed by atoms with Crippen LogP contribution >= 0.6 is 0 Å². The van der Waals surface area contributed by atoms with E-state index < -0.39 is 0 Å². The Labute approximate surface area is 111 Å². The minimum atomic E-state index is 0.189. The number of nitrogens with zero attached hydrogens (tertiary/aromatic N) is 1. The van der Waals surface area contributed by atoms with Crippen LogP contribution in [-0.4, -0.2) is 13.1 Å². The van der Waals surface area contributed by atoms with E-state index in [4.69, 9.17) is 5.73 Å². The van der Waals surface area contributed by atoms with Gasteiger partial charge in [-0.1, -0.05) is 44.4 Å². The van der Waals surface area contributed by atoms with Crippen molar-refractivity contribution in [3.8, 4) is 0 Å². The summed E-state index contributed by atoms with van der Waals surface area (Å²) < 4.78 is 0. The molecule has 0 bridgehead atoms. The first kappa shape index (κ1) is 13.4. The molecule has 1 aromatic rings. The van der Waals surface area contributed by atoms with Crippen LogP contribution in [-0.2, 0) is 0 Å². The zero-order valence-corrected chi connectivity index (χ0v) is 11.6. The Morgan fingerprint density at radius 2 is 1.78 bits per heavy atom. The van der Waals surface area contributed by atoms with Crippen molar-refractivity contribution in [3.63, 3.8) is 0 Å². The first-order valence-electron chi connectivity index (χ1n) is 7.42. The van der Waals surface area contributed by atoms with Crippen molar-refractivity contribution in [1.29, 1.82) is 0 Å². The second kappa shape index (κ2) is 6.79. The minimum absolute atomic E-state index is 0.189. The third-order valence-electron chi connectivity index (χ3n) is 3.88. The molecule has 2 N–H and O–H groups in total. The molecule has 0 aromatic heterocycles. The van der Waals surface area contributed by atoms with Crippen LogP contribution in [0.15, 0.2) is 24.3 Å². The van der Waals surface area contributed by atoms with Crippen molar-refractivity contribution in [2.45, 2.75) is 51.5 Å². The molecular weight excluding hydrogens is 220 g/mol. The standard InChI is InChI=1S/C16H26N2/c1-2-9-15(17)14-10-5-6-11-16(14)18-12-7-3-4-8-13-18/h5-6,10-11,15H,2-4,7-9,12-13,17H2,1H3. The first-order valence-corrected chi connectivity index (χ1v) is 7.42. The lowest BCUT2D eigenvalue weighted by Gasteiger charge is -2.27. The number of rotatable bonds is 4. The molecule has 0 saturated carbocycles. The number of anilines is 1. The van der Waals surface area contributed by atoms with Gasteiger partial charge >= 0.3 is 0 Å². The zero-order chi connectivity index (χ0) is 12.8. The van der Waals surface area contributed by atoms with Gasteiger partial charge in [0.2, 0.25) is 0 Å². The highest BCUT2D eigenvalue weighted by Gasteiger charge is 2.16. The fourth-order valence-corrected chi connectivity index (χ4v) is 2.87. The third kappa shape index (κ3) is 3.26. The van der Waals surface area contributed by atoms with E-state index in [-0.39, 0.29) is 6.04 Å². The van der Waals surface area contributed by atoms with Gasteiger partial charge in [-0.05, 0) is 30.9 Å². The number of nitrogens with two attached hydrogens (primary N) is 1. The number of para-hydroxylation sites is 1. The lowest BCUT2D eigenvalue weighted by atomic mass is 10.0. The van der Waals surface area contributed by atoms with Gasteiger partial charge in [-0.2, -0.15) is 0 Å². The Balaban J connectivity index is 2.19. The minimum Gasteiger partial charge on any atom is -0.371 e. The Morgan fingerprint density at radius 1 is 1.11 bits per heavy atom. The highest BCUT2D eigenvalue weighted by molar-refractivity contribution is 5.55. The molecular formula is C16H26N2. The highest BCUT2D eigenvalue weighted by Crippen LogP contribution is 2.29. The summed E-state index contributed by atoms with van der Waals surface area (Å²) in [5, 5.41) is 0. The van der Waals surface area contributed by atoms with Crippen molar-refractivity contribution < 1.29 is 0 Å². The highest BCUT2D eigenvalue weighted by atomic mass is 15.1. The second-order valence-electron chi connectivity index (χ2n) is 5.36. The fraction of sp³-hybridized carbons (Fsp3) is 0.625. The van der Waals surface area contributed by atoms with Gasteiger partial charge in [0.05, 0.1) is 0 Å². The van der Waals surface area contributed by atoms with Crippen molar-refractivity contribution in [2.24, 2.45) is 5.73 Å². The summed E-state index contributed by atoms with van der Waals surface area (Å²) in [5.74, 6) is 0.